The van der Waals surface area contributed by atoms with E-state index in [0.717, 1.165) is 43.1 Å². The standard InChI is InChI=1S/C20H31N3O3/c1-16(2)13-22-19(21-11-8-17-7-6-12-24-17)23-14-18-15-25-20(26-18)9-4-3-5-10-20/h6-7,12,18H,1,3-5,8-11,13-15H2,2H3,(H2,21,22,23). The van der Waals surface area contributed by atoms with E-state index < -0.39 is 0 Å². The molecule has 1 unspecified atom stereocenters. The first-order valence-electron chi connectivity index (χ1n) is 9.66. The summed E-state index contributed by atoms with van der Waals surface area (Å²) in [4.78, 5) is 4.57. The molecule has 2 heterocycles. The van der Waals surface area contributed by atoms with Gasteiger partial charge in [0.25, 0.3) is 0 Å². The van der Waals surface area contributed by atoms with Gasteiger partial charge in [0.1, 0.15) is 11.9 Å². The molecule has 1 aliphatic heterocycles. The van der Waals surface area contributed by atoms with Crippen LogP contribution in [0.1, 0.15) is 44.8 Å². The predicted octanol–water partition coefficient (Wildman–Crippen LogP) is 3.01. The summed E-state index contributed by atoms with van der Waals surface area (Å²) in [7, 11) is 0. The van der Waals surface area contributed by atoms with E-state index in [1.807, 2.05) is 19.1 Å². The van der Waals surface area contributed by atoms with E-state index in [9.17, 15) is 0 Å². The number of guanidine groups is 1. The second-order valence-electron chi connectivity index (χ2n) is 7.28. The summed E-state index contributed by atoms with van der Waals surface area (Å²) in [5, 5.41) is 6.73. The van der Waals surface area contributed by atoms with Gasteiger partial charge in [-0.1, -0.05) is 18.6 Å². The lowest BCUT2D eigenvalue weighted by Crippen LogP contribution is -2.43. The van der Waals surface area contributed by atoms with Gasteiger partial charge in [-0.15, -0.1) is 0 Å². The molecule has 1 aliphatic carbocycles. The number of nitrogens with one attached hydrogen (secondary N) is 2. The fourth-order valence-corrected chi connectivity index (χ4v) is 3.43. The molecule has 0 amide bonds. The van der Waals surface area contributed by atoms with Crippen LogP contribution in [-0.4, -0.2) is 44.1 Å². The molecule has 6 heteroatoms. The van der Waals surface area contributed by atoms with Crippen LogP contribution in [0, 0.1) is 0 Å². The lowest BCUT2D eigenvalue weighted by atomic mass is 9.94. The monoisotopic (exact) mass is 361 g/mol. The topological polar surface area (TPSA) is 68.0 Å². The maximum Gasteiger partial charge on any atom is 0.191 e. The third kappa shape index (κ3) is 5.61. The summed E-state index contributed by atoms with van der Waals surface area (Å²) in [5.74, 6) is 1.41. The Labute approximate surface area is 156 Å². The van der Waals surface area contributed by atoms with Gasteiger partial charge in [0.2, 0.25) is 0 Å². The van der Waals surface area contributed by atoms with Crippen molar-refractivity contribution in [1.29, 1.82) is 0 Å². The fraction of sp³-hybridized carbons (Fsp3) is 0.650. The van der Waals surface area contributed by atoms with Crippen LogP contribution in [0.15, 0.2) is 40.0 Å². The molecule has 2 N–H and O–H groups in total. The van der Waals surface area contributed by atoms with Crippen LogP contribution in [-0.2, 0) is 15.9 Å². The summed E-state index contributed by atoms with van der Waals surface area (Å²) in [6, 6.07) is 3.88. The Kier molecular flexibility index (Phi) is 6.74. The van der Waals surface area contributed by atoms with Crippen LogP contribution >= 0.6 is 0 Å². The summed E-state index contributed by atoms with van der Waals surface area (Å²) in [6.45, 7) is 8.58. The van der Waals surface area contributed by atoms with Gasteiger partial charge in [-0.2, -0.15) is 0 Å². The third-order valence-electron chi connectivity index (χ3n) is 4.78. The normalized spacial score (nSPS) is 22.5. The molecule has 1 spiro atoms. The largest absolute Gasteiger partial charge is 0.469 e. The van der Waals surface area contributed by atoms with E-state index in [1.165, 1.54) is 19.3 Å². The van der Waals surface area contributed by atoms with Crippen molar-refractivity contribution in [2.45, 2.75) is 57.3 Å². The van der Waals surface area contributed by atoms with Crippen LogP contribution in [0.2, 0.25) is 0 Å². The van der Waals surface area contributed by atoms with Gasteiger partial charge in [-0.05, 0) is 31.9 Å². The average molecular weight is 361 g/mol. The number of ether oxygens (including phenoxy) is 2. The quantitative estimate of drug-likeness (QED) is 0.444. The van der Waals surface area contributed by atoms with Crippen molar-refractivity contribution in [2.75, 3.05) is 26.2 Å². The number of aliphatic imine (C=N–C) groups is 1. The zero-order valence-electron chi connectivity index (χ0n) is 15.8. The van der Waals surface area contributed by atoms with Crippen molar-refractivity contribution in [3.8, 4) is 0 Å². The smallest absolute Gasteiger partial charge is 0.191 e. The van der Waals surface area contributed by atoms with Crippen molar-refractivity contribution >= 4 is 5.96 Å². The first-order valence-corrected chi connectivity index (χ1v) is 9.66. The molecule has 0 aromatic carbocycles. The average Bonchev–Trinajstić information content (AvgIpc) is 3.28. The van der Waals surface area contributed by atoms with Gasteiger partial charge in [-0.25, -0.2) is 4.99 Å². The molecule has 1 aromatic heterocycles. The maximum absolute atomic E-state index is 6.23. The summed E-state index contributed by atoms with van der Waals surface area (Å²) < 4.78 is 17.6. The number of furan rings is 1. The summed E-state index contributed by atoms with van der Waals surface area (Å²) >= 11 is 0. The van der Waals surface area contributed by atoms with Crippen molar-refractivity contribution in [2.24, 2.45) is 4.99 Å². The second kappa shape index (κ2) is 9.24. The Balaban J connectivity index is 1.46. The molecule has 0 radical (unpaired) electrons. The molecule has 1 aromatic rings. The van der Waals surface area contributed by atoms with Gasteiger partial charge >= 0.3 is 0 Å². The van der Waals surface area contributed by atoms with Crippen LogP contribution in [0.5, 0.6) is 0 Å². The van der Waals surface area contributed by atoms with Crippen molar-refractivity contribution in [3.05, 3.63) is 36.3 Å². The highest BCUT2D eigenvalue weighted by atomic mass is 16.7. The van der Waals surface area contributed by atoms with Crippen LogP contribution < -0.4 is 10.6 Å². The summed E-state index contributed by atoms with van der Waals surface area (Å²) in [6.07, 6.45) is 8.28. The van der Waals surface area contributed by atoms with Crippen molar-refractivity contribution in [1.82, 2.24) is 10.6 Å². The zero-order chi connectivity index (χ0) is 18.2. The number of rotatable bonds is 7. The minimum atomic E-state index is -0.327. The minimum Gasteiger partial charge on any atom is -0.469 e. The fourth-order valence-electron chi connectivity index (χ4n) is 3.43. The molecule has 1 saturated heterocycles. The predicted molar refractivity (Wildman–Crippen MR) is 102 cm³/mol. The Morgan fingerprint density at radius 3 is 2.88 bits per heavy atom. The van der Waals surface area contributed by atoms with Gasteiger partial charge in [0, 0.05) is 32.4 Å². The molecule has 1 atom stereocenters. The van der Waals surface area contributed by atoms with Gasteiger partial charge in [0.05, 0.1) is 19.4 Å². The number of hydrogen-bond donors (Lipinski definition) is 2. The first kappa shape index (κ1) is 19.0. The van der Waals surface area contributed by atoms with Gasteiger partial charge in [0.15, 0.2) is 11.7 Å². The van der Waals surface area contributed by atoms with Gasteiger partial charge in [-0.3, -0.25) is 0 Å². The minimum absolute atomic E-state index is 0.0648. The maximum atomic E-state index is 6.23. The van der Waals surface area contributed by atoms with Crippen molar-refractivity contribution in [3.63, 3.8) is 0 Å². The van der Waals surface area contributed by atoms with Crippen LogP contribution in [0.3, 0.4) is 0 Å². The lowest BCUT2D eigenvalue weighted by Gasteiger charge is -2.31. The van der Waals surface area contributed by atoms with Gasteiger partial charge < -0.3 is 24.5 Å². The molecule has 2 aliphatic rings. The van der Waals surface area contributed by atoms with E-state index in [1.54, 1.807) is 6.26 Å². The highest BCUT2D eigenvalue weighted by Gasteiger charge is 2.42. The van der Waals surface area contributed by atoms with E-state index >= 15 is 0 Å². The summed E-state index contributed by atoms with van der Waals surface area (Å²) in [5.41, 5.74) is 1.03. The molecular weight excluding hydrogens is 330 g/mol. The lowest BCUT2D eigenvalue weighted by molar-refractivity contribution is -0.186. The number of hydrogen-bond acceptors (Lipinski definition) is 4. The van der Waals surface area contributed by atoms with E-state index in [-0.39, 0.29) is 11.9 Å². The van der Waals surface area contributed by atoms with E-state index in [2.05, 4.69) is 22.2 Å². The Hall–Kier alpha value is -1.79. The van der Waals surface area contributed by atoms with E-state index in [0.29, 0.717) is 19.7 Å². The highest BCUT2D eigenvalue weighted by molar-refractivity contribution is 5.79. The molecule has 26 heavy (non-hydrogen) atoms. The molecule has 2 fully saturated rings. The molecule has 3 rings (SSSR count). The first-order chi connectivity index (χ1) is 12.7. The van der Waals surface area contributed by atoms with Crippen molar-refractivity contribution < 1.29 is 13.9 Å². The SMILES string of the molecule is C=C(C)CN=C(NCCc1ccco1)NCC1COC2(CCCCC2)O1. The number of nitrogens with zero attached hydrogens (tertiary/aromatic N) is 1. The molecule has 6 nitrogen and oxygen atoms in total. The third-order valence-corrected chi connectivity index (χ3v) is 4.78. The van der Waals surface area contributed by atoms with Crippen LogP contribution in [0.25, 0.3) is 0 Å². The highest BCUT2D eigenvalue weighted by Crippen LogP contribution is 2.37. The Morgan fingerprint density at radius 1 is 1.31 bits per heavy atom. The zero-order valence-corrected chi connectivity index (χ0v) is 15.8. The van der Waals surface area contributed by atoms with E-state index in [4.69, 9.17) is 13.9 Å². The second-order valence-corrected chi connectivity index (χ2v) is 7.28. The van der Waals surface area contributed by atoms with Crippen LogP contribution in [0.4, 0.5) is 0 Å². The molecule has 0 bridgehead atoms. The molecule has 1 saturated carbocycles. The molecular formula is C20H31N3O3. The Morgan fingerprint density at radius 2 is 2.15 bits per heavy atom. The Bertz CT molecular complexity index is 591. The molecule has 144 valence electrons.